The molecule has 1 aromatic heterocycles. The molecule has 1 aromatic carbocycles. The number of anilines is 1. The molecule has 0 saturated carbocycles. The summed E-state index contributed by atoms with van der Waals surface area (Å²) >= 11 is 0. The van der Waals surface area contributed by atoms with Gasteiger partial charge < -0.3 is 0 Å². The molecule has 0 aliphatic carbocycles. The SMILES string of the molecule is CN(NC(=O)c1cccnc1)c1ccccc1. The number of aromatic nitrogens is 1. The second kappa shape index (κ2) is 5.12. The summed E-state index contributed by atoms with van der Waals surface area (Å²) in [6, 6.07) is 13.1. The zero-order valence-corrected chi connectivity index (χ0v) is 9.50. The molecule has 86 valence electrons. The first-order valence-corrected chi connectivity index (χ1v) is 5.27. The summed E-state index contributed by atoms with van der Waals surface area (Å²) in [7, 11) is 1.80. The van der Waals surface area contributed by atoms with Crippen molar-refractivity contribution in [3.63, 3.8) is 0 Å². The van der Waals surface area contributed by atoms with E-state index in [-0.39, 0.29) is 5.91 Å². The molecule has 2 aromatic rings. The Bertz CT molecular complexity index is 485. The molecule has 0 radical (unpaired) electrons. The van der Waals surface area contributed by atoms with Gasteiger partial charge in [0.25, 0.3) is 5.91 Å². The van der Waals surface area contributed by atoms with Crippen molar-refractivity contribution in [1.29, 1.82) is 0 Å². The molecule has 4 heteroatoms. The van der Waals surface area contributed by atoms with Crippen molar-refractivity contribution < 1.29 is 4.79 Å². The molecule has 1 heterocycles. The average molecular weight is 227 g/mol. The van der Waals surface area contributed by atoms with Crippen LogP contribution in [0.2, 0.25) is 0 Å². The summed E-state index contributed by atoms with van der Waals surface area (Å²) in [5, 5.41) is 1.68. The third-order valence-corrected chi connectivity index (χ3v) is 2.34. The molecule has 0 atom stereocenters. The van der Waals surface area contributed by atoms with Crippen molar-refractivity contribution in [1.82, 2.24) is 10.4 Å². The predicted octanol–water partition coefficient (Wildman–Crippen LogP) is 1.86. The fraction of sp³-hybridized carbons (Fsp3) is 0.0769. The lowest BCUT2D eigenvalue weighted by Crippen LogP contribution is -2.39. The lowest BCUT2D eigenvalue weighted by Gasteiger charge is -2.19. The molecule has 0 saturated heterocycles. The standard InChI is InChI=1S/C13H13N3O/c1-16(12-7-3-2-4-8-12)15-13(17)11-6-5-9-14-10-11/h2-10H,1H3,(H,15,17). The first-order valence-electron chi connectivity index (χ1n) is 5.27. The van der Waals surface area contributed by atoms with E-state index in [0.29, 0.717) is 5.56 Å². The highest BCUT2D eigenvalue weighted by molar-refractivity contribution is 5.94. The van der Waals surface area contributed by atoms with Gasteiger partial charge in [0, 0.05) is 19.4 Å². The number of hydrogen-bond acceptors (Lipinski definition) is 3. The van der Waals surface area contributed by atoms with E-state index in [1.54, 1.807) is 30.4 Å². The number of nitrogens with one attached hydrogen (secondary N) is 1. The van der Waals surface area contributed by atoms with Crippen molar-refractivity contribution in [2.45, 2.75) is 0 Å². The highest BCUT2D eigenvalue weighted by Gasteiger charge is 2.07. The van der Waals surface area contributed by atoms with E-state index in [4.69, 9.17) is 0 Å². The van der Waals surface area contributed by atoms with Crippen molar-refractivity contribution in [2.24, 2.45) is 0 Å². The number of benzene rings is 1. The van der Waals surface area contributed by atoms with Crippen LogP contribution in [-0.2, 0) is 0 Å². The monoisotopic (exact) mass is 227 g/mol. The smallest absolute Gasteiger partial charge is 0.271 e. The van der Waals surface area contributed by atoms with E-state index in [9.17, 15) is 4.79 Å². The Morgan fingerprint density at radius 1 is 1.18 bits per heavy atom. The van der Waals surface area contributed by atoms with Gasteiger partial charge in [-0.2, -0.15) is 0 Å². The summed E-state index contributed by atoms with van der Waals surface area (Å²) in [6.45, 7) is 0. The predicted molar refractivity (Wildman–Crippen MR) is 66.5 cm³/mol. The van der Waals surface area contributed by atoms with Crippen molar-refractivity contribution in [3.8, 4) is 0 Å². The van der Waals surface area contributed by atoms with Crippen molar-refractivity contribution in [2.75, 3.05) is 12.1 Å². The van der Waals surface area contributed by atoms with Gasteiger partial charge in [-0.1, -0.05) is 18.2 Å². The van der Waals surface area contributed by atoms with Gasteiger partial charge in [-0.25, -0.2) is 0 Å². The summed E-state index contributed by atoms with van der Waals surface area (Å²) in [5.74, 6) is -0.176. The Morgan fingerprint density at radius 3 is 2.59 bits per heavy atom. The number of hydrazine groups is 1. The van der Waals surface area contributed by atoms with Gasteiger partial charge in [-0.3, -0.25) is 20.2 Å². The molecule has 0 unspecified atom stereocenters. The first kappa shape index (κ1) is 11.1. The maximum Gasteiger partial charge on any atom is 0.271 e. The summed E-state index contributed by atoms with van der Waals surface area (Å²) in [6.07, 6.45) is 3.17. The van der Waals surface area contributed by atoms with E-state index < -0.39 is 0 Å². The number of para-hydroxylation sites is 1. The lowest BCUT2D eigenvalue weighted by molar-refractivity contribution is 0.0951. The molecular weight excluding hydrogens is 214 g/mol. The Hall–Kier alpha value is -2.36. The van der Waals surface area contributed by atoms with E-state index in [1.807, 2.05) is 30.3 Å². The van der Waals surface area contributed by atoms with E-state index >= 15 is 0 Å². The van der Waals surface area contributed by atoms with Gasteiger partial charge in [0.15, 0.2) is 0 Å². The van der Waals surface area contributed by atoms with Crippen molar-refractivity contribution >= 4 is 11.6 Å². The molecule has 1 amide bonds. The topological polar surface area (TPSA) is 45.2 Å². The number of nitrogens with zero attached hydrogens (tertiary/aromatic N) is 2. The normalized spacial score (nSPS) is 9.71. The van der Waals surface area contributed by atoms with Gasteiger partial charge >= 0.3 is 0 Å². The van der Waals surface area contributed by atoms with Crippen LogP contribution < -0.4 is 10.4 Å². The molecular formula is C13H13N3O. The van der Waals surface area contributed by atoms with Crippen LogP contribution in [0, 0.1) is 0 Å². The summed E-state index contributed by atoms with van der Waals surface area (Å²) < 4.78 is 0. The van der Waals surface area contributed by atoms with E-state index in [2.05, 4.69) is 10.4 Å². The maximum atomic E-state index is 11.8. The van der Waals surface area contributed by atoms with Crippen LogP contribution in [0.15, 0.2) is 54.9 Å². The molecule has 4 nitrogen and oxygen atoms in total. The average Bonchev–Trinajstić information content (AvgIpc) is 2.40. The van der Waals surface area contributed by atoms with Crippen LogP contribution in [0.4, 0.5) is 5.69 Å². The Labute approximate surface area is 99.9 Å². The minimum atomic E-state index is -0.176. The number of rotatable bonds is 3. The van der Waals surface area contributed by atoms with Crippen LogP contribution in [0.3, 0.4) is 0 Å². The number of hydrogen-bond donors (Lipinski definition) is 1. The second-order valence-corrected chi connectivity index (χ2v) is 3.58. The third kappa shape index (κ3) is 2.81. The van der Waals surface area contributed by atoms with Crippen LogP contribution in [-0.4, -0.2) is 17.9 Å². The van der Waals surface area contributed by atoms with Crippen LogP contribution in [0.5, 0.6) is 0 Å². The van der Waals surface area contributed by atoms with Gasteiger partial charge in [0.2, 0.25) is 0 Å². The second-order valence-electron chi connectivity index (χ2n) is 3.58. The molecule has 1 N–H and O–H groups in total. The number of carbonyl (C=O) groups is 1. The molecule has 0 fully saturated rings. The largest absolute Gasteiger partial charge is 0.288 e. The lowest BCUT2D eigenvalue weighted by atomic mass is 10.3. The highest BCUT2D eigenvalue weighted by Crippen LogP contribution is 2.08. The Morgan fingerprint density at radius 2 is 1.94 bits per heavy atom. The Balaban J connectivity index is 2.05. The number of carbonyl (C=O) groups excluding carboxylic acids is 1. The van der Waals surface area contributed by atoms with E-state index in [0.717, 1.165) is 5.69 Å². The third-order valence-electron chi connectivity index (χ3n) is 2.34. The highest BCUT2D eigenvalue weighted by atomic mass is 16.2. The Kier molecular flexibility index (Phi) is 3.35. The zero-order chi connectivity index (χ0) is 12.1. The van der Waals surface area contributed by atoms with Crippen LogP contribution in [0.1, 0.15) is 10.4 Å². The fourth-order valence-corrected chi connectivity index (χ4v) is 1.43. The number of pyridine rings is 1. The number of amides is 1. The van der Waals surface area contributed by atoms with Crippen LogP contribution in [0.25, 0.3) is 0 Å². The van der Waals surface area contributed by atoms with Gasteiger partial charge in [0.1, 0.15) is 0 Å². The van der Waals surface area contributed by atoms with Crippen molar-refractivity contribution in [3.05, 3.63) is 60.4 Å². The van der Waals surface area contributed by atoms with Gasteiger partial charge in [-0.15, -0.1) is 0 Å². The van der Waals surface area contributed by atoms with Gasteiger partial charge in [0.05, 0.1) is 11.3 Å². The molecule has 0 aliphatic rings. The molecule has 0 spiro atoms. The summed E-state index contributed by atoms with van der Waals surface area (Å²) in [5.41, 5.74) is 4.23. The summed E-state index contributed by atoms with van der Waals surface area (Å²) in [4.78, 5) is 15.7. The van der Waals surface area contributed by atoms with Gasteiger partial charge in [-0.05, 0) is 24.3 Å². The molecule has 17 heavy (non-hydrogen) atoms. The van der Waals surface area contributed by atoms with Crippen LogP contribution >= 0.6 is 0 Å². The zero-order valence-electron chi connectivity index (χ0n) is 9.50. The first-order chi connectivity index (χ1) is 8.27. The minimum Gasteiger partial charge on any atom is -0.288 e. The maximum absolute atomic E-state index is 11.8. The van der Waals surface area contributed by atoms with E-state index in [1.165, 1.54) is 6.20 Å². The molecule has 0 bridgehead atoms. The molecule has 2 rings (SSSR count). The quantitative estimate of drug-likeness (QED) is 0.814. The minimum absolute atomic E-state index is 0.176. The molecule has 0 aliphatic heterocycles. The fourth-order valence-electron chi connectivity index (χ4n) is 1.43.